The van der Waals surface area contributed by atoms with Gasteiger partial charge in [-0.1, -0.05) is 0 Å². The molecule has 1 N–H and O–H groups in total. The number of ether oxygens (including phenoxy) is 2. The van der Waals surface area contributed by atoms with Crippen LogP contribution in [0, 0.1) is 6.92 Å². The first kappa shape index (κ1) is 18.1. The summed E-state index contributed by atoms with van der Waals surface area (Å²) in [5.41, 5.74) is 2.99. The molecule has 0 atom stereocenters. The molecule has 0 spiro atoms. The third-order valence-electron chi connectivity index (χ3n) is 4.81. The van der Waals surface area contributed by atoms with Gasteiger partial charge in [-0.05, 0) is 37.6 Å². The number of aromatic amines is 1. The molecule has 1 saturated heterocycles. The highest BCUT2D eigenvalue weighted by Crippen LogP contribution is 2.27. The largest absolute Gasteiger partial charge is 0.497 e. The number of nitrogens with zero attached hydrogens (tertiary/aromatic N) is 2. The average molecular weight is 359 g/mol. The number of aromatic nitrogens is 1. The molecule has 0 radical (unpaired) electrons. The third-order valence-corrected chi connectivity index (χ3v) is 4.81. The van der Waals surface area contributed by atoms with Crippen molar-refractivity contribution < 1.29 is 19.1 Å². The van der Waals surface area contributed by atoms with Gasteiger partial charge in [-0.3, -0.25) is 4.79 Å². The summed E-state index contributed by atoms with van der Waals surface area (Å²) >= 11 is 0. The van der Waals surface area contributed by atoms with E-state index in [1.165, 1.54) is 0 Å². The van der Waals surface area contributed by atoms with E-state index in [0.717, 1.165) is 27.9 Å². The molecule has 140 valence electrons. The smallest absolute Gasteiger partial charge is 0.409 e. The topological polar surface area (TPSA) is 74.9 Å². The molecule has 1 aliphatic heterocycles. The van der Waals surface area contributed by atoms with Gasteiger partial charge in [-0.2, -0.15) is 0 Å². The van der Waals surface area contributed by atoms with Gasteiger partial charge in [0.05, 0.1) is 20.1 Å². The number of nitrogens with one attached hydrogen (secondary N) is 1. The summed E-state index contributed by atoms with van der Waals surface area (Å²) in [7, 11) is 1.63. The number of fused-ring (bicyclic) bond motifs is 1. The van der Waals surface area contributed by atoms with Crippen molar-refractivity contribution in [3.05, 3.63) is 29.5 Å². The minimum Gasteiger partial charge on any atom is -0.497 e. The van der Waals surface area contributed by atoms with E-state index in [0.29, 0.717) is 39.2 Å². The molecule has 1 aromatic carbocycles. The lowest BCUT2D eigenvalue weighted by atomic mass is 10.1. The van der Waals surface area contributed by atoms with Crippen molar-refractivity contribution in [3.8, 4) is 5.75 Å². The Kier molecular flexibility index (Phi) is 5.35. The predicted molar refractivity (Wildman–Crippen MR) is 98.5 cm³/mol. The van der Waals surface area contributed by atoms with Crippen LogP contribution in [0.4, 0.5) is 4.79 Å². The number of H-pyrrole nitrogens is 1. The van der Waals surface area contributed by atoms with Crippen molar-refractivity contribution in [2.45, 2.75) is 20.3 Å². The molecule has 3 rings (SSSR count). The fourth-order valence-corrected chi connectivity index (χ4v) is 3.33. The normalized spacial score (nSPS) is 14.6. The highest BCUT2D eigenvalue weighted by molar-refractivity contribution is 5.91. The SMILES string of the molecule is CCOC(=O)N1CCN(C(=O)Cc2c(C)[nH]c3ccc(OC)cc23)CC1. The van der Waals surface area contributed by atoms with Gasteiger partial charge in [-0.15, -0.1) is 0 Å². The summed E-state index contributed by atoms with van der Waals surface area (Å²) in [6.45, 7) is 6.20. The van der Waals surface area contributed by atoms with Crippen LogP contribution in [0.1, 0.15) is 18.2 Å². The van der Waals surface area contributed by atoms with Crippen LogP contribution >= 0.6 is 0 Å². The maximum atomic E-state index is 12.8. The quantitative estimate of drug-likeness (QED) is 0.909. The molecule has 2 heterocycles. The first-order valence-corrected chi connectivity index (χ1v) is 8.88. The van der Waals surface area contributed by atoms with Gasteiger partial charge in [0.25, 0.3) is 0 Å². The van der Waals surface area contributed by atoms with E-state index in [-0.39, 0.29) is 12.0 Å². The lowest BCUT2D eigenvalue weighted by molar-refractivity contribution is -0.132. The van der Waals surface area contributed by atoms with Crippen LogP contribution in [0.15, 0.2) is 18.2 Å². The van der Waals surface area contributed by atoms with Gasteiger partial charge < -0.3 is 24.3 Å². The summed E-state index contributed by atoms with van der Waals surface area (Å²) < 4.78 is 10.3. The third kappa shape index (κ3) is 3.61. The molecular weight excluding hydrogens is 334 g/mol. The first-order valence-electron chi connectivity index (χ1n) is 8.88. The summed E-state index contributed by atoms with van der Waals surface area (Å²) in [6, 6.07) is 5.83. The van der Waals surface area contributed by atoms with Gasteiger partial charge in [0.1, 0.15) is 5.75 Å². The Morgan fingerprint density at radius 3 is 2.50 bits per heavy atom. The predicted octanol–water partition coefficient (Wildman–Crippen LogP) is 2.33. The molecule has 0 bridgehead atoms. The zero-order chi connectivity index (χ0) is 18.7. The Bertz CT molecular complexity index is 806. The van der Waals surface area contributed by atoms with Crippen LogP contribution < -0.4 is 4.74 Å². The van der Waals surface area contributed by atoms with Crippen LogP contribution in [0.5, 0.6) is 5.75 Å². The standard InChI is InChI=1S/C19H25N3O4/c1-4-26-19(24)22-9-7-21(8-10-22)18(23)12-15-13(2)20-17-6-5-14(25-3)11-16(15)17/h5-6,11,20H,4,7-10,12H2,1-3H3. The Labute approximate surface area is 152 Å². The van der Waals surface area contributed by atoms with Crippen molar-refractivity contribution in [3.63, 3.8) is 0 Å². The number of hydrogen-bond acceptors (Lipinski definition) is 4. The van der Waals surface area contributed by atoms with Crippen molar-refractivity contribution in [1.29, 1.82) is 0 Å². The lowest BCUT2D eigenvalue weighted by Crippen LogP contribution is -2.51. The van der Waals surface area contributed by atoms with Gasteiger partial charge >= 0.3 is 6.09 Å². The number of carbonyl (C=O) groups is 2. The van der Waals surface area contributed by atoms with Crippen LogP contribution in [0.3, 0.4) is 0 Å². The van der Waals surface area contributed by atoms with E-state index >= 15 is 0 Å². The second kappa shape index (κ2) is 7.68. The van der Waals surface area contributed by atoms with Gasteiger partial charge in [0.2, 0.25) is 5.91 Å². The average Bonchev–Trinajstić information content (AvgIpc) is 2.96. The molecule has 7 nitrogen and oxygen atoms in total. The molecule has 0 aliphatic carbocycles. The highest BCUT2D eigenvalue weighted by atomic mass is 16.6. The Hall–Kier alpha value is -2.70. The lowest BCUT2D eigenvalue weighted by Gasteiger charge is -2.34. The number of rotatable bonds is 4. The van der Waals surface area contributed by atoms with E-state index in [1.807, 2.05) is 30.0 Å². The monoisotopic (exact) mass is 359 g/mol. The molecule has 7 heteroatoms. The summed E-state index contributed by atoms with van der Waals surface area (Å²) in [6.07, 6.45) is 0.0254. The van der Waals surface area contributed by atoms with Crippen molar-refractivity contribution in [1.82, 2.24) is 14.8 Å². The number of methoxy groups -OCH3 is 1. The van der Waals surface area contributed by atoms with Crippen molar-refractivity contribution >= 4 is 22.9 Å². The summed E-state index contributed by atoms with van der Waals surface area (Å²) in [4.78, 5) is 31.3. The zero-order valence-electron chi connectivity index (χ0n) is 15.5. The minimum absolute atomic E-state index is 0.0697. The number of hydrogen-bond donors (Lipinski definition) is 1. The van der Waals surface area contributed by atoms with Crippen LogP contribution in [-0.2, 0) is 16.0 Å². The Morgan fingerprint density at radius 1 is 1.15 bits per heavy atom. The molecule has 2 amide bonds. The number of amides is 2. The number of carbonyl (C=O) groups excluding carboxylic acids is 2. The van der Waals surface area contributed by atoms with E-state index in [4.69, 9.17) is 9.47 Å². The summed E-state index contributed by atoms with van der Waals surface area (Å²) in [5.74, 6) is 0.841. The second-order valence-electron chi connectivity index (χ2n) is 6.38. The van der Waals surface area contributed by atoms with E-state index < -0.39 is 0 Å². The molecule has 1 fully saturated rings. The number of piperazine rings is 1. The van der Waals surface area contributed by atoms with Crippen molar-refractivity contribution in [2.24, 2.45) is 0 Å². The van der Waals surface area contributed by atoms with Crippen LogP contribution in [0.2, 0.25) is 0 Å². The van der Waals surface area contributed by atoms with E-state index in [9.17, 15) is 9.59 Å². The Balaban J connectivity index is 1.68. The van der Waals surface area contributed by atoms with Crippen LogP contribution in [-0.4, -0.2) is 66.7 Å². The molecule has 2 aromatic rings. The summed E-state index contributed by atoms with van der Waals surface area (Å²) in [5, 5.41) is 1.01. The van der Waals surface area contributed by atoms with Crippen molar-refractivity contribution in [2.75, 3.05) is 39.9 Å². The maximum Gasteiger partial charge on any atom is 0.409 e. The minimum atomic E-state index is -0.306. The fraction of sp³-hybridized carbons (Fsp3) is 0.474. The Morgan fingerprint density at radius 2 is 1.85 bits per heavy atom. The second-order valence-corrected chi connectivity index (χ2v) is 6.38. The maximum absolute atomic E-state index is 12.8. The first-order chi connectivity index (χ1) is 12.5. The van der Waals surface area contributed by atoms with Crippen LogP contribution in [0.25, 0.3) is 10.9 Å². The molecule has 0 saturated carbocycles. The number of benzene rings is 1. The van der Waals surface area contributed by atoms with Gasteiger partial charge in [0.15, 0.2) is 0 Å². The fourth-order valence-electron chi connectivity index (χ4n) is 3.33. The molecule has 1 aliphatic rings. The molecule has 0 unspecified atom stereocenters. The van der Waals surface area contributed by atoms with Gasteiger partial charge in [-0.25, -0.2) is 4.79 Å². The van der Waals surface area contributed by atoms with E-state index in [1.54, 1.807) is 18.9 Å². The number of aryl methyl sites for hydroxylation is 1. The molecule has 26 heavy (non-hydrogen) atoms. The van der Waals surface area contributed by atoms with Gasteiger partial charge in [0, 0.05) is 42.8 Å². The highest BCUT2D eigenvalue weighted by Gasteiger charge is 2.25. The zero-order valence-corrected chi connectivity index (χ0v) is 15.5. The molecular formula is C19H25N3O4. The van der Waals surface area contributed by atoms with E-state index in [2.05, 4.69) is 4.98 Å². The molecule has 1 aromatic heterocycles.